The van der Waals surface area contributed by atoms with Crippen LogP contribution in [0.25, 0.3) is 0 Å². The fourth-order valence-corrected chi connectivity index (χ4v) is 2.90. The van der Waals surface area contributed by atoms with Gasteiger partial charge < -0.3 is 10.1 Å². The molecule has 1 aromatic rings. The number of nitrogens with one attached hydrogen (secondary N) is 1. The highest BCUT2D eigenvalue weighted by atomic mass is 32.2. The first-order valence-electron chi connectivity index (χ1n) is 7.62. The van der Waals surface area contributed by atoms with Crippen molar-refractivity contribution in [2.75, 3.05) is 12.4 Å². The number of hydrogen-bond acceptors (Lipinski definition) is 4. The van der Waals surface area contributed by atoms with Gasteiger partial charge >= 0.3 is 0 Å². The quantitative estimate of drug-likeness (QED) is 0.353. The normalized spacial score (nSPS) is 10.8. The Hall–Kier alpha value is -0.810. The van der Waals surface area contributed by atoms with Crippen molar-refractivity contribution in [1.29, 1.82) is 0 Å². The van der Waals surface area contributed by atoms with E-state index in [2.05, 4.69) is 9.97 Å². The molecule has 0 unspecified atom stereocenters. The van der Waals surface area contributed by atoms with Crippen molar-refractivity contribution < 1.29 is 5.11 Å². The topological polar surface area (TPSA) is 66.0 Å². The lowest BCUT2D eigenvalue weighted by atomic mass is 10.1. The number of aromatic nitrogens is 2. The van der Waals surface area contributed by atoms with E-state index < -0.39 is 0 Å². The summed E-state index contributed by atoms with van der Waals surface area (Å²) in [6, 6.07) is 1.44. The first kappa shape index (κ1) is 17.2. The Morgan fingerprint density at radius 2 is 1.60 bits per heavy atom. The molecule has 2 N–H and O–H groups in total. The van der Waals surface area contributed by atoms with E-state index in [4.69, 9.17) is 5.11 Å². The largest absolute Gasteiger partial charge is 0.396 e. The van der Waals surface area contributed by atoms with Crippen molar-refractivity contribution >= 4 is 11.8 Å². The zero-order valence-corrected chi connectivity index (χ0v) is 13.0. The molecule has 0 atom stereocenters. The Kier molecular flexibility index (Phi) is 10.3. The van der Waals surface area contributed by atoms with Crippen molar-refractivity contribution in [2.24, 2.45) is 0 Å². The van der Waals surface area contributed by atoms with Gasteiger partial charge in [0.1, 0.15) is 0 Å². The maximum atomic E-state index is 11.1. The van der Waals surface area contributed by atoms with Crippen LogP contribution in [0, 0.1) is 0 Å². The molecule has 114 valence electrons. The van der Waals surface area contributed by atoms with E-state index in [0.29, 0.717) is 6.61 Å². The summed E-state index contributed by atoms with van der Waals surface area (Å²) >= 11 is 1.62. The van der Waals surface area contributed by atoms with E-state index in [1.165, 1.54) is 51.0 Å². The first-order chi connectivity index (χ1) is 9.83. The molecular formula is C15H26N2O2S. The van der Waals surface area contributed by atoms with Crippen molar-refractivity contribution in [3.8, 4) is 0 Å². The van der Waals surface area contributed by atoms with Crippen LogP contribution in [0.5, 0.6) is 0 Å². The third-order valence-electron chi connectivity index (χ3n) is 3.19. The molecule has 0 fully saturated rings. The van der Waals surface area contributed by atoms with E-state index >= 15 is 0 Å². The van der Waals surface area contributed by atoms with Crippen LogP contribution in [0.4, 0.5) is 0 Å². The molecule has 0 spiro atoms. The number of hydrogen-bond donors (Lipinski definition) is 2. The Morgan fingerprint density at radius 1 is 1.00 bits per heavy atom. The highest BCUT2D eigenvalue weighted by Crippen LogP contribution is 2.15. The molecule has 0 aliphatic carbocycles. The molecule has 1 aromatic heterocycles. The fraction of sp³-hybridized carbons (Fsp3) is 0.733. The van der Waals surface area contributed by atoms with Crippen molar-refractivity contribution in [3.63, 3.8) is 0 Å². The van der Waals surface area contributed by atoms with Crippen molar-refractivity contribution in [2.45, 2.75) is 62.9 Å². The Balaban J connectivity index is 1.86. The van der Waals surface area contributed by atoms with Gasteiger partial charge in [0.15, 0.2) is 5.16 Å². The molecule has 0 radical (unpaired) electrons. The maximum Gasteiger partial charge on any atom is 0.251 e. The van der Waals surface area contributed by atoms with E-state index in [1.807, 2.05) is 0 Å². The lowest BCUT2D eigenvalue weighted by molar-refractivity contribution is 0.282. The molecule has 4 nitrogen and oxygen atoms in total. The number of aromatic amines is 1. The highest BCUT2D eigenvalue weighted by Gasteiger charge is 1.97. The average Bonchev–Trinajstić information content (AvgIpc) is 2.45. The number of nitrogens with zero attached hydrogens (tertiary/aromatic N) is 1. The fourth-order valence-electron chi connectivity index (χ4n) is 2.05. The van der Waals surface area contributed by atoms with Gasteiger partial charge in [0.05, 0.1) is 0 Å². The monoisotopic (exact) mass is 298 g/mol. The lowest BCUT2D eigenvalue weighted by Gasteiger charge is -2.02. The lowest BCUT2D eigenvalue weighted by Crippen LogP contribution is -2.05. The van der Waals surface area contributed by atoms with Crippen LogP contribution < -0.4 is 5.56 Å². The summed E-state index contributed by atoms with van der Waals surface area (Å²) in [5, 5.41) is 9.38. The van der Waals surface area contributed by atoms with Gasteiger partial charge in [-0.1, -0.05) is 56.7 Å². The second kappa shape index (κ2) is 12.0. The zero-order valence-electron chi connectivity index (χ0n) is 12.1. The zero-order chi connectivity index (χ0) is 14.5. The maximum absolute atomic E-state index is 11.1. The number of H-pyrrole nitrogens is 1. The molecule has 5 heteroatoms. The summed E-state index contributed by atoms with van der Waals surface area (Å²) in [5.41, 5.74) is -0.0799. The van der Waals surface area contributed by atoms with Crippen LogP contribution >= 0.6 is 11.8 Å². The summed E-state index contributed by atoms with van der Waals surface area (Å²) in [7, 11) is 0. The Morgan fingerprint density at radius 3 is 2.20 bits per heavy atom. The third-order valence-corrected chi connectivity index (χ3v) is 4.16. The molecule has 20 heavy (non-hydrogen) atoms. The van der Waals surface area contributed by atoms with E-state index in [1.54, 1.807) is 18.0 Å². The van der Waals surface area contributed by atoms with Gasteiger partial charge in [-0.2, -0.15) is 0 Å². The Labute approximate surface area is 125 Å². The molecular weight excluding hydrogens is 272 g/mol. The molecule has 0 aliphatic rings. The van der Waals surface area contributed by atoms with E-state index in [9.17, 15) is 4.79 Å². The average molecular weight is 298 g/mol. The summed E-state index contributed by atoms with van der Waals surface area (Å²) in [4.78, 5) is 17.9. The standard InChI is InChI=1S/C15H26N2O2S/c18-12-8-6-4-2-1-3-5-7-9-13-20-15-16-11-10-14(19)17-15/h10-11,18H,1-9,12-13H2,(H,16,17,19). The molecule has 1 rings (SSSR count). The summed E-state index contributed by atoms with van der Waals surface area (Å²) in [5.74, 6) is 1.02. The SMILES string of the molecule is O=c1ccnc(SCCCCCCCCCCCO)[nH]1. The molecule has 0 bridgehead atoms. The van der Waals surface area contributed by atoms with Crippen LogP contribution in [0.2, 0.25) is 0 Å². The molecule has 0 amide bonds. The molecule has 0 aliphatic heterocycles. The number of thioether (sulfide) groups is 1. The van der Waals surface area contributed by atoms with Gasteiger partial charge in [-0.25, -0.2) is 4.98 Å². The second-order valence-corrected chi connectivity index (χ2v) is 6.08. The third kappa shape index (κ3) is 9.15. The predicted octanol–water partition coefficient (Wildman–Crippen LogP) is 3.37. The van der Waals surface area contributed by atoms with Gasteiger partial charge in [0.25, 0.3) is 5.56 Å². The molecule has 1 heterocycles. The predicted molar refractivity (Wildman–Crippen MR) is 84.2 cm³/mol. The minimum absolute atomic E-state index is 0.0799. The molecule has 0 saturated heterocycles. The van der Waals surface area contributed by atoms with Crippen molar-refractivity contribution in [3.05, 3.63) is 22.6 Å². The highest BCUT2D eigenvalue weighted by molar-refractivity contribution is 7.99. The first-order valence-corrected chi connectivity index (χ1v) is 8.60. The van der Waals surface area contributed by atoms with Gasteiger partial charge in [0, 0.05) is 24.6 Å². The Bertz CT molecular complexity index is 395. The van der Waals surface area contributed by atoms with Crippen molar-refractivity contribution in [1.82, 2.24) is 9.97 Å². The second-order valence-electron chi connectivity index (χ2n) is 4.99. The van der Waals surface area contributed by atoms with Crippen LogP contribution in [-0.2, 0) is 0 Å². The van der Waals surface area contributed by atoms with Crippen LogP contribution in [0.1, 0.15) is 57.8 Å². The van der Waals surface area contributed by atoms with Gasteiger partial charge in [-0.15, -0.1) is 0 Å². The minimum atomic E-state index is -0.0799. The van der Waals surface area contributed by atoms with Gasteiger partial charge in [-0.05, 0) is 12.8 Å². The van der Waals surface area contributed by atoms with Gasteiger partial charge in [-0.3, -0.25) is 4.79 Å². The van der Waals surface area contributed by atoms with E-state index in [-0.39, 0.29) is 5.56 Å². The van der Waals surface area contributed by atoms with E-state index in [0.717, 1.165) is 23.8 Å². The number of aliphatic hydroxyl groups is 1. The van der Waals surface area contributed by atoms with Crippen LogP contribution in [-0.4, -0.2) is 27.4 Å². The number of aliphatic hydroxyl groups excluding tert-OH is 1. The number of unbranched alkanes of at least 4 members (excludes halogenated alkanes) is 8. The van der Waals surface area contributed by atoms with Gasteiger partial charge in [0.2, 0.25) is 0 Å². The van der Waals surface area contributed by atoms with Crippen LogP contribution in [0.3, 0.4) is 0 Å². The number of rotatable bonds is 12. The molecule has 0 saturated carbocycles. The van der Waals surface area contributed by atoms with Crippen LogP contribution in [0.15, 0.2) is 22.2 Å². The smallest absolute Gasteiger partial charge is 0.251 e. The minimum Gasteiger partial charge on any atom is -0.396 e. The summed E-state index contributed by atoms with van der Waals surface area (Å²) in [6.45, 7) is 0.333. The summed E-state index contributed by atoms with van der Waals surface area (Å²) < 4.78 is 0. The summed E-state index contributed by atoms with van der Waals surface area (Å²) in [6.07, 6.45) is 12.6. The molecule has 0 aromatic carbocycles.